The molecule has 0 aromatic carbocycles. The molecule has 1 aliphatic heterocycles. The Morgan fingerprint density at radius 2 is 2.33 bits per heavy atom. The molecule has 0 spiro atoms. The van der Waals surface area contributed by atoms with E-state index in [1.54, 1.807) is 6.20 Å². The van der Waals surface area contributed by atoms with Crippen molar-refractivity contribution in [2.75, 3.05) is 6.54 Å². The number of nitrogens with one attached hydrogen (secondary N) is 1. The molecule has 1 aliphatic rings. The molecule has 2 N–H and O–H groups in total. The van der Waals surface area contributed by atoms with Crippen LogP contribution in [0.25, 0.3) is 0 Å². The predicted octanol–water partition coefficient (Wildman–Crippen LogP) is 1.78. The van der Waals surface area contributed by atoms with Gasteiger partial charge in [0.15, 0.2) is 0 Å². The first-order valence-corrected chi connectivity index (χ1v) is 5.70. The zero-order valence-corrected chi connectivity index (χ0v) is 8.95. The Bertz CT molecular complexity index is 306. The van der Waals surface area contributed by atoms with Gasteiger partial charge >= 0.3 is 0 Å². The minimum atomic E-state index is 0.0361. The fourth-order valence-corrected chi connectivity index (χ4v) is 2.19. The molecule has 0 bridgehead atoms. The van der Waals surface area contributed by atoms with Crippen LogP contribution in [-0.2, 0) is 6.61 Å². The Balaban J connectivity index is 2.18. The largest absolute Gasteiger partial charge is 0.390 e. The number of nitrogens with zero attached hydrogens (tertiary/aromatic N) is 1. The van der Waals surface area contributed by atoms with Crippen molar-refractivity contribution < 1.29 is 5.11 Å². The number of rotatable bonds is 2. The lowest BCUT2D eigenvalue weighted by Crippen LogP contribution is -2.21. The minimum absolute atomic E-state index is 0.0361. The summed E-state index contributed by atoms with van der Waals surface area (Å²) >= 11 is 0. The quantitative estimate of drug-likeness (QED) is 0.775. The summed E-state index contributed by atoms with van der Waals surface area (Å²) in [5, 5.41) is 12.8. The summed E-state index contributed by atoms with van der Waals surface area (Å²) in [6.45, 7) is 1.11. The topological polar surface area (TPSA) is 45.2 Å². The van der Waals surface area contributed by atoms with Gasteiger partial charge in [0, 0.05) is 12.2 Å². The van der Waals surface area contributed by atoms with Gasteiger partial charge in [0.25, 0.3) is 0 Å². The maximum Gasteiger partial charge on any atom is 0.0856 e. The predicted molar refractivity (Wildman–Crippen MR) is 59.4 cm³/mol. The molecule has 0 saturated carbocycles. The van der Waals surface area contributed by atoms with E-state index in [0.29, 0.717) is 6.04 Å². The lowest BCUT2D eigenvalue weighted by Gasteiger charge is -2.18. The Hall–Kier alpha value is -0.930. The van der Waals surface area contributed by atoms with Crippen molar-refractivity contribution in [3.8, 4) is 0 Å². The third-order valence-corrected chi connectivity index (χ3v) is 3.01. The number of aliphatic hydroxyl groups is 1. The molecule has 2 rings (SSSR count). The van der Waals surface area contributed by atoms with Crippen LogP contribution in [0.1, 0.15) is 43.0 Å². The van der Waals surface area contributed by atoms with Gasteiger partial charge in [-0.3, -0.25) is 4.98 Å². The average molecular weight is 206 g/mol. The lowest BCUT2D eigenvalue weighted by molar-refractivity contribution is 0.273. The van der Waals surface area contributed by atoms with Crippen LogP contribution in [0.5, 0.6) is 0 Å². The minimum Gasteiger partial charge on any atom is -0.390 e. The van der Waals surface area contributed by atoms with Crippen molar-refractivity contribution in [2.24, 2.45) is 0 Å². The first-order chi connectivity index (χ1) is 7.42. The average Bonchev–Trinajstić information content (AvgIpc) is 2.57. The Kier molecular flexibility index (Phi) is 3.69. The Morgan fingerprint density at radius 1 is 1.40 bits per heavy atom. The molecule has 1 fully saturated rings. The molecular formula is C12H18N2O. The van der Waals surface area contributed by atoms with Crippen LogP contribution in [0.15, 0.2) is 18.3 Å². The van der Waals surface area contributed by atoms with E-state index < -0.39 is 0 Å². The van der Waals surface area contributed by atoms with Crippen LogP contribution < -0.4 is 5.32 Å². The molecule has 3 nitrogen and oxygen atoms in total. The number of pyridine rings is 1. The third kappa shape index (κ3) is 2.55. The van der Waals surface area contributed by atoms with Crippen LogP contribution >= 0.6 is 0 Å². The van der Waals surface area contributed by atoms with Crippen molar-refractivity contribution in [1.29, 1.82) is 0 Å². The molecular weight excluding hydrogens is 188 g/mol. The van der Waals surface area contributed by atoms with Gasteiger partial charge in [-0.15, -0.1) is 0 Å². The molecule has 82 valence electrons. The molecule has 1 saturated heterocycles. The molecule has 2 heterocycles. The maximum atomic E-state index is 9.23. The van der Waals surface area contributed by atoms with E-state index in [2.05, 4.69) is 16.4 Å². The summed E-state index contributed by atoms with van der Waals surface area (Å²) in [5.41, 5.74) is 1.99. The molecule has 0 aliphatic carbocycles. The highest BCUT2D eigenvalue weighted by molar-refractivity contribution is 5.23. The van der Waals surface area contributed by atoms with E-state index >= 15 is 0 Å². The summed E-state index contributed by atoms with van der Waals surface area (Å²) in [4.78, 5) is 4.21. The first-order valence-electron chi connectivity index (χ1n) is 5.70. The smallest absolute Gasteiger partial charge is 0.0856 e. The summed E-state index contributed by atoms with van der Waals surface area (Å²) in [7, 11) is 0. The second-order valence-electron chi connectivity index (χ2n) is 4.05. The van der Waals surface area contributed by atoms with Gasteiger partial charge in [-0.1, -0.05) is 18.9 Å². The van der Waals surface area contributed by atoms with Crippen molar-refractivity contribution in [1.82, 2.24) is 10.3 Å². The number of aliphatic hydroxyl groups excluding tert-OH is 1. The Morgan fingerprint density at radius 3 is 3.20 bits per heavy atom. The van der Waals surface area contributed by atoms with Gasteiger partial charge in [0.05, 0.1) is 12.3 Å². The summed E-state index contributed by atoms with van der Waals surface area (Å²) in [5.74, 6) is 0. The van der Waals surface area contributed by atoms with Gasteiger partial charge < -0.3 is 10.4 Å². The zero-order chi connectivity index (χ0) is 10.5. The van der Waals surface area contributed by atoms with Crippen LogP contribution in [-0.4, -0.2) is 16.6 Å². The molecule has 15 heavy (non-hydrogen) atoms. The molecule has 1 aromatic rings. The van der Waals surface area contributed by atoms with Crippen LogP contribution in [0.4, 0.5) is 0 Å². The monoisotopic (exact) mass is 206 g/mol. The summed E-state index contributed by atoms with van der Waals surface area (Å²) in [6.07, 6.45) is 6.71. The Labute approximate surface area is 90.5 Å². The number of hydrogen-bond acceptors (Lipinski definition) is 3. The van der Waals surface area contributed by atoms with E-state index in [4.69, 9.17) is 0 Å². The summed E-state index contributed by atoms with van der Waals surface area (Å²) in [6, 6.07) is 4.39. The van der Waals surface area contributed by atoms with Crippen molar-refractivity contribution >= 4 is 0 Å². The normalized spacial score (nSPS) is 22.3. The van der Waals surface area contributed by atoms with E-state index in [1.165, 1.54) is 24.8 Å². The van der Waals surface area contributed by atoms with E-state index in [9.17, 15) is 5.11 Å². The van der Waals surface area contributed by atoms with E-state index in [-0.39, 0.29) is 6.61 Å². The SMILES string of the molecule is OCc1ncccc1[C@H]1CCCCCN1. The van der Waals surface area contributed by atoms with E-state index in [1.807, 2.05) is 6.07 Å². The standard InChI is InChI=1S/C12H18N2O/c15-9-12-10(5-4-8-14-12)11-6-2-1-3-7-13-11/h4-5,8,11,13,15H,1-3,6-7,9H2/t11-/m1/s1. The second kappa shape index (κ2) is 5.24. The number of hydrogen-bond donors (Lipinski definition) is 2. The van der Waals surface area contributed by atoms with Gasteiger partial charge in [-0.2, -0.15) is 0 Å². The molecule has 0 amide bonds. The highest BCUT2D eigenvalue weighted by atomic mass is 16.3. The van der Waals surface area contributed by atoms with Gasteiger partial charge in [0.1, 0.15) is 0 Å². The molecule has 0 radical (unpaired) electrons. The lowest BCUT2D eigenvalue weighted by atomic mass is 10.0. The van der Waals surface area contributed by atoms with Gasteiger partial charge in [0.2, 0.25) is 0 Å². The third-order valence-electron chi connectivity index (χ3n) is 3.01. The fourth-order valence-electron chi connectivity index (χ4n) is 2.19. The molecule has 1 atom stereocenters. The highest BCUT2D eigenvalue weighted by Gasteiger charge is 2.16. The van der Waals surface area contributed by atoms with Crippen molar-refractivity contribution in [3.05, 3.63) is 29.6 Å². The number of aromatic nitrogens is 1. The van der Waals surface area contributed by atoms with Crippen LogP contribution in [0.3, 0.4) is 0 Å². The van der Waals surface area contributed by atoms with Gasteiger partial charge in [-0.05, 0) is 31.0 Å². The fraction of sp³-hybridized carbons (Fsp3) is 0.583. The maximum absolute atomic E-state index is 9.23. The molecule has 1 aromatic heterocycles. The van der Waals surface area contributed by atoms with Crippen molar-refractivity contribution in [3.63, 3.8) is 0 Å². The molecule has 0 unspecified atom stereocenters. The first kappa shape index (κ1) is 10.6. The highest BCUT2D eigenvalue weighted by Crippen LogP contribution is 2.24. The van der Waals surface area contributed by atoms with Gasteiger partial charge in [-0.25, -0.2) is 0 Å². The van der Waals surface area contributed by atoms with Crippen molar-refractivity contribution in [2.45, 2.75) is 38.3 Å². The van der Waals surface area contributed by atoms with Crippen LogP contribution in [0.2, 0.25) is 0 Å². The molecule has 3 heteroatoms. The van der Waals surface area contributed by atoms with Crippen LogP contribution in [0, 0.1) is 0 Å². The second-order valence-corrected chi connectivity index (χ2v) is 4.05. The zero-order valence-electron chi connectivity index (χ0n) is 8.95. The van der Waals surface area contributed by atoms with E-state index in [0.717, 1.165) is 18.7 Å². The summed E-state index contributed by atoms with van der Waals surface area (Å²) < 4.78 is 0.